The molecule has 1 aliphatic heterocycles. The molecule has 1 aromatic heterocycles. The fraction of sp³-hybridized carbons (Fsp3) is 0.200. The minimum atomic E-state index is -1.29. The summed E-state index contributed by atoms with van der Waals surface area (Å²) in [7, 11) is 0. The van der Waals surface area contributed by atoms with E-state index < -0.39 is 17.7 Å². The third kappa shape index (κ3) is 3.35. The summed E-state index contributed by atoms with van der Waals surface area (Å²) in [6.45, 7) is 2.93. The molecule has 24 heavy (non-hydrogen) atoms. The van der Waals surface area contributed by atoms with Gasteiger partial charge in [0.15, 0.2) is 16.7 Å². The molecule has 2 aromatic rings. The topological polar surface area (TPSA) is 116 Å². The van der Waals surface area contributed by atoms with Crippen LogP contribution in [0.5, 0.6) is 0 Å². The highest BCUT2D eigenvalue weighted by Crippen LogP contribution is 2.25. The number of nitrogens with one attached hydrogen (secondary N) is 1. The average Bonchev–Trinajstić information content (AvgIpc) is 2.87. The van der Waals surface area contributed by atoms with Crippen molar-refractivity contribution >= 4 is 44.6 Å². The van der Waals surface area contributed by atoms with Gasteiger partial charge in [0.1, 0.15) is 0 Å². The van der Waals surface area contributed by atoms with E-state index in [1.807, 2.05) is 24.3 Å². The normalized spacial score (nSPS) is 17.4. The molecular formula is C15H14N4O4S. The van der Waals surface area contributed by atoms with E-state index in [4.69, 9.17) is 15.2 Å². The Bertz CT molecular complexity index is 829. The lowest BCUT2D eigenvalue weighted by Gasteiger charge is -2.29. The maximum absolute atomic E-state index is 11.8. The van der Waals surface area contributed by atoms with Crippen molar-refractivity contribution in [2.45, 2.75) is 19.6 Å². The van der Waals surface area contributed by atoms with Gasteiger partial charge in [0.25, 0.3) is 5.79 Å². The van der Waals surface area contributed by atoms with Crippen molar-refractivity contribution in [3.63, 3.8) is 0 Å². The van der Waals surface area contributed by atoms with Gasteiger partial charge in [0.05, 0.1) is 16.4 Å². The summed E-state index contributed by atoms with van der Waals surface area (Å²) in [5.41, 5.74) is 6.25. The number of anilines is 1. The lowest BCUT2D eigenvalue weighted by Crippen LogP contribution is -2.41. The molecule has 1 saturated heterocycles. The molecule has 9 heteroatoms. The monoisotopic (exact) mass is 346 g/mol. The maximum Gasteiger partial charge on any atom is 0.350 e. The molecule has 3 rings (SSSR count). The number of thiazole rings is 1. The number of aliphatic imine (C=N–C) groups is 1. The van der Waals surface area contributed by atoms with E-state index in [-0.39, 0.29) is 11.5 Å². The Morgan fingerprint density at radius 2 is 1.96 bits per heavy atom. The zero-order valence-corrected chi connectivity index (χ0v) is 13.7. The average molecular weight is 346 g/mol. The molecule has 1 aromatic carbocycles. The standard InChI is InChI=1S/C15H14N4O4S/c1-15(2)22-11(20)8(12(21)23-15)7-17-13(16)19-14-18-9-5-3-4-6-10(9)24-14/h3-7H,1-2H3,(H3,16,17,18,19). The number of guanidine groups is 1. The van der Waals surface area contributed by atoms with E-state index in [1.165, 1.54) is 25.2 Å². The summed E-state index contributed by atoms with van der Waals surface area (Å²) in [5, 5.41) is 3.35. The number of fused-ring (bicyclic) bond motifs is 1. The predicted octanol–water partition coefficient (Wildman–Crippen LogP) is 1.74. The minimum Gasteiger partial charge on any atom is -0.419 e. The summed E-state index contributed by atoms with van der Waals surface area (Å²) < 4.78 is 10.9. The Hall–Kier alpha value is -2.94. The summed E-state index contributed by atoms with van der Waals surface area (Å²) >= 11 is 1.40. The number of esters is 2. The first-order chi connectivity index (χ1) is 11.3. The van der Waals surface area contributed by atoms with Gasteiger partial charge < -0.3 is 20.5 Å². The fourth-order valence-corrected chi connectivity index (χ4v) is 2.84. The van der Waals surface area contributed by atoms with Crippen LogP contribution in [0.4, 0.5) is 5.13 Å². The van der Waals surface area contributed by atoms with Gasteiger partial charge in [-0.15, -0.1) is 0 Å². The Morgan fingerprint density at radius 3 is 2.62 bits per heavy atom. The molecule has 2 heterocycles. The molecule has 124 valence electrons. The molecule has 0 unspecified atom stereocenters. The van der Waals surface area contributed by atoms with Gasteiger partial charge in [-0.2, -0.15) is 0 Å². The number of hydrogen-bond acceptors (Lipinski definition) is 7. The molecule has 0 amide bonds. The van der Waals surface area contributed by atoms with Gasteiger partial charge in [-0.05, 0) is 12.1 Å². The second kappa shape index (κ2) is 5.93. The van der Waals surface area contributed by atoms with Crippen molar-refractivity contribution in [2.75, 3.05) is 5.32 Å². The molecule has 0 aliphatic carbocycles. The smallest absolute Gasteiger partial charge is 0.350 e. The van der Waals surface area contributed by atoms with Crippen LogP contribution in [0, 0.1) is 0 Å². The van der Waals surface area contributed by atoms with Crippen molar-refractivity contribution in [1.29, 1.82) is 0 Å². The number of para-hydroxylation sites is 1. The number of rotatable bonds is 2. The molecule has 0 atom stereocenters. The number of cyclic esters (lactones) is 2. The zero-order chi connectivity index (χ0) is 17.3. The molecule has 1 aliphatic rings. The Balaban J connectivity index is 1.76. The first-order valence-electron chi connectivity index (χ1n) is 6.97. The molecule has 0 bridgehead atoms. The number of benzene rings is 1. The van der Waals surface area contributed by atoms with Crippen LogP contribution < -0.4 is 11.1 Å². The minimum absolute atomic E-state index is 0.0213. The van der Waals surface area contributed by atoms with E-state index in [0.29, 0.717) is 5.13 Å². The lowest BCUT2D eigenvalue weighted by atomic mass is 10.2. The first kappa shape index (κ1) is 15.9. The number of carbonyl (C=O) groups excluding carboxylic acids is 2. The summed E-state index contributed by atoms with van der Waals surface area (Å²) in [6, 6.07) is 7.61. The first-order valence-corrected chi connectivity index (χ1v) is 7.78. The number of nitrogens with zero attached hydrogens (tertiary/aromatic N) is 2. The maximum atomic E-state index is 11.8. The van der Waals surface area contributed by atoms with Gasteiger partial charge in [0, 0.05) is 13.8 Å². The third-order valence-corrected chi connectivity index (χ3v) is 3.93. The second-order valence-electron chi connectivity index (χ2n) is 5.35. The lowest BCUT2D eigenvalue weighted by molar-refractivity contribution is -0.222. The van der Waals surface area contributed by atoms with Crippen LogP contribution in [0.1, 0.15) is 13.8 Å². The highest BCUT2D eigenvalue weighted by molar-refractivity contribution is 7.22. The van der Waals surface area contributed by atoms with Crippen LogP contribution in [-0.2, 0) is 19.1 Å². The number of carbonyl (C=O) groups is 2. The van der Waals surface area contributed by atoms with Crippen molar-refractivity contribution in [1.82, 2.24) is 4.98 Å². The van der Waals surface area contributed by atoms with E-state index in [2.05, 4.69) is 15.3 Å². The van der Waals surface area contributed by atoms with E-state index >= 15 is 0 Å². The van der Waals surface area contributed by atoms with Crippen molar-refractivity contribution in [3.05, 3.63) is 36.0 Å². The van der Waals surface area contributed by atoms with Gasteiger partial charge >= 0.3 is 11.9 Å². The largest absolute Gasteiger partial charge is 0.419 e. The second-order valence-corrected chi connectivity index (χ2v) is 6.38. The molecule has 0 radical (unpaired) electrons. The number of aromatic nitrogens is 1. The molecule has 3 N–H and O–H groups in total. The fourth-order valence-electron chi connectivity index (χ4n) is 1.97. The van der Waals surface area contributed by atoms with Crippen LogP contribution in [-0.4, -0.2) is 28.7 Å². The Labute approximate surface area is 141 Å². The zero-order valence-electron chi connectivity index (χ0n) is 12.9. The molecule has 1 fully saturated rings. The van der Waals surface area contributed by atoms with Crippen LogP contribution >= 0.6 is 11.3 Å². The number of ether oxygens (including phenoxy) is 2. The van der Waals surface area contributed by atoms with Crippen molar-refractivity contribution in [2.24, 2.45) is 10.7 Å². The van der Waals surface area contributed by atoms with Crippen LogP contribution in [0.3, 0.4) is 0 Å². The van der Waals surface area contributed by atoms with Crippen LogP contribution in [0.2, 0.25) is 0 Å². The quantitative estimate of drug-likeness (QED) is 0.280. The van der Waals surface area contributed by atoms with Crippen molar-refractivity contribution < 1.29 is 19.1 Å². The number of hydrogen-bond donors (Lipinski definition) is 2. The summed E-state index contributed by atoms with van der Waals surface area (Å²) in [4.78, 5) is 31.7. The van der Waals surface area contributed by atoms with Gasteiger partial charge in [-0.3, -0.25) is 0 Å². The molecule has 0 spiro atoms. The van der Waals surface area contributed by atoms with E-state index in [1.54, 1.807) is 0 Å². The predicted molar refractivity (Wildman–Crippen MR) is 89.2 cm³/mol. The van der Waals surface area contributed by atoms with Gasteiger partial charge in [-0.1, -0.05) is 23.5 Å². The molecular weight excluding hydrogens is 332 g/mol. The van der Waals surface area contributed by atoms with Gasteiger partial charge in [-0.25, -0.2) is 19.6 Å². The highest BCUT2D eigenvalue weighted by Gasteiger charge is 2.38. The van der Waals surface area contributed by atoms with E-state index in [0.717, 1.165) is 16.4 Å². The van der Waals surface area contributed by atoms with Crippen LogP contribution in [0.15, 0.2) is 41.0 Å². The van der Waals surface area contributed by atoms with Gasteiger partial charge in [0.2, 0.25) is 0 Å². The molecule has 0 saturated carbocycles. The summed E-state index contributed by atoms with van der Waals surface area (Å²) in [5.74, 6) is -2.94. The highest BCUT2D eigenvalue weighted by atomic mass is 32.1. The third-order valence-electron chi connectivity index (χ3n) is 2.98. The SMILES string of the molecule is CC1(C)OC(=O)C(=CN=C(N)Nc2nc3ccccc3s2)C(=O)O1. The summed E-state index contributed by atoms with van der Waals surface area (Å²) in [6.07, 6.45) is 1.01. The number of nitrogens with two attached hydrogens (primary N) is 1. The molecule has 8 nitrogen and oxygen atoms in total. The van der Waals surface area contributed by atoms with Crippen molar-refractivity contribution in [3.8, 4) is 0 Å². The van der Waals surface area contributed by atoms with Crippen LogP contribution in [0.25, 0.3) is 10.2 Å². The Kier molecular flexibility index (Phi) is 3.94. The Morgan fingerprint density at radius 1 is 1.29 bits per heavy atom. The van der Waals surface area contributed by atoms with E-state index in [9.17, 15) is 9.59 Å².